The zero-order valence-corrected chi connectivity index (χ0v) is 14.9. The van der Waals surface area contributed by atoms with E-state index in [2.05, 4.69) is 0 Å². The Morgan fingerprint density at radius 1 is 1.00 bits per heavy atom. The molecule has 0 atom stereocenters. The van der Waals surface area contributed by atoms with Gasteiger partial charge in [-0.3, -0.25) is 9.59 Å². The second-order valence-corrected chi connectivity index (χ2v) is 6.33. The number of nitrogens with two attached hydrogens (primary N) is 1. The van der Waals surface area contributed by atoms with Gasteiger partial charge in [-0.15, -0.1) is 0 Å². The lowest BCUT2D eigenvalue weighted by Gasteiger charge is -2.23. The van der Waals surface area contributed by atoms with Crippen LogP contribution in [0, 0.1) is 0 Å². The first-order valence-corrected chi connectivity index (χ1v) is 8.44. The van der Waals surface area contributed by atoms with E-state index in [1.54, 1.807) is 44.6 Å². The summed E-state index contributed by atoms with van der Waals surface area (Å²) in [6.45, 7) is 0.474. The first-order valence-electron chi connectivity index (χ1n) is 8.44. The Balaban J connectivity index is 1.83. The number of nitrogens with zero attached hydrogens (tertiary/aromatic N) is 1. The first kappa shape index (κ1) is 17.8. The molecule has 2 N–H and O–H groups in total. The summed E-state index contributed by atoms with van der Waals surface area (Å²) in [5, 5.41) is 0. The van der Waals surface area contributed by atoms with E-state index < -0.39 is 5.91 Å². The van der Waals surface area contributed by atoms with E-state index in [0.717, 1.165) is 18.4 Å². The summed E-state index contributed by atoms with van der Waals surface area (Å²) in [6.07, 6.45) is 1.98. The molecule has 0 aromatic heterocycles. The van der Waals surface area contributed by atoms with Gasteiger partial charge in [0.25, 0.3) is 5.91 Å². The summed E-state index contributed by atoms with van der Waals surface area (Å²) in [5.41, 5.74) is 7.21. The number of amides is 2. The van der Waals surface area contributed by atoms with Crippen molar-refractivity contribution in [2.24, 2.45) is 5.73 Å². The molecule has 0 bridgehead atoms. The highest BCUT2D eigenvalue weighted by atomic mass is 16.5. The summed E-state index contributed by atoms with van der Waals surface area (Å²) in [5.74, 6) is 0.627. The monoisotopic (exact) mass is 354 g/mol. The van der Waals surface area contributed by atoms with Gasteiger partial charge in [-0.2, -0.15) is 0 Å². The second-order valence-electron chi connectivity index (χ2n) is 6.33. The van der Waals surface area contributed by atoms with E-state index in [0.29, 0.717) is 29.2 Å². The molecule has 6 heteroatoms. The van der Waals surface area contributed by atoms with E-state index in [1.807, 2.05) is 17.0 Å². The highest BCUT2D eigenvalue weighted by molar-refractivity contribution is 5.95. The van der Waals surface area contributed by atoms with E-state index in [9.17, 15) is 9.59 Å². The van der Waals surface area contributed by atoms with Crippen molar-refractivity contribution in [1.82, 2.24) is 4.90 Å². The minimum Gasteiger partial charge on any atom is -0.497 e. The molecule has 2 aromatic rings. The molecule has 0 saturated heterocycles. The molecule has 6 nitrogen and oxygen atoms in total. The van der Waals surface area contributed by atoms with Gasteiger partial charge >= 0.3 is 0 Å². The molecule has 3 rings (SSSR count). The number of carbonyl (C=O) groups excluding carboxylic acids is 2. The first-order chi connectivity index (χ1) is 12.5. The van der Waals surface area contributed by atoms with Crippen LogP contribution in [0.15, 0.2) is 42.5 Å². The molecule has 26 heavy (non-hydrogen) atoms. The number of hydrogen-bond donors (Lipinski definition) is 1. The average Bonchev–Trinajstić information content (AvgIpc) is 3.50. The van der Waals surface area contributed by atoms with Crippen LogP contribution in [0.25, 0.3) is 0 Å². The van der Waals surface area contributed by atoms with Crippen molar-refractivity contribution in [2.75, 3.05) is 14.2 Å². The van der Waals surface area contributed by atoms with Crippen molar-refractivity contribution in [3.63, 3.8) is 0 Å². The van der Waals surface area contributed by atoms with Gasteiger partial charge in [-0.25, -0.2) is 0 Å². The zero-order chi connectivity index (χ0) is 18.7. The Morgan fingerprint density at radius 3 is 2.04 bits per heavy atom. The Labute approximate surface area is 152 Å². The molecule has 1 aliphatic rings. The number of methoxy groups -OCH3 is 2. The van der Waals surface area contributed by atoms with Crippen LogP contribution in [0.2, 0.25) is 0 Å². The maximum absolute atomic E-state index is 13.1. The van der Waals surface area contributed by atoms with Crippen molar-refractivity contribution in [1.29, 1.82) is 0 Å². The fourth-order valence-electron chi connectivity index (χ4n) is 2.82. The van der Waals surface area contributed by atoms with Crippen molar-refractivity contribution in [2.45, 2.75) is 25.4 Å². The maximum Gasteiger partial charge on any atom is 0.254 e. The Bertz CT molecular complexity index is 791. The Hall–Kier alpha value is -3.02. The van der Waals surface area contributed by atoms with Gasteiger partial charge in [0.1, 0.15) is 11.5 Å². The lowest BCUT2D eigenvalue weighted by molar-refractivity contribution is 0.0728. The second kappa shape index (κ2) is 7.47. The van der Waals surface area contributed by atoms with Gasteiger partial charge in [0.15, 0.2) is 0 Å². The van der Waals surface area contributed by atoms with Crippen LogP contribution in [0.1, 0.15) is 39.1 Å². The van der Waals surface area contributed by atoms with Gasteiger partial charge in [-0.05, 0) is 42.7 Å². The number of primary amides is 1. The Morgan fingerprint density at radius 2 is 1.58 bits per heavy atom. The predicted octanol–water partition coefficient (Wildman–Crippen LogP) is 2.61. The van der Waals surface area contributed by atoms with Gasteiger partial charge in [-0.1, -0.05) is 12.1 Å². The molecule has 0 unspecified atom stereocenters. The largest absolute Gasteiger partial charge is 0.497 e. The maximum atomic E-state index is 13.1. The predicted molar refractivity (Wildman–Crippen MR) is 97.4 cm³/mol. The zero-order valence-electron chi connectivity index (χ0n) is 14.9. The van der Waals surface area contributed by atoms with Crippen molar-refractivity contribution in [3.05, 3.63) is 59.2 Å². The Kier molecular flexibility index (Phi) is 5.11. The summed E-state index contributed by atoms with van der Waals surface area (Å²) < 4.78 is 10.5. The minimum atomic E-state index is -0.463. The summed E-state index contributed by atoms with van der Waals surface area (Å²) in [4.78, 5) is 26.1. The summed E-state index contributed by atoms with van der Waals surface area (Å²) >= 11 is 0. The summed E-state index contributed by atoms with van der Waals surface area (Å²) in [6, 6.07) is 12.4. The van der Waals surface area contributed by atoms with Crippen LogP contribution in [0.4, 0.5) is 0 Å². The van der Waals surface area contributed by atoms with Crippen LogP contribution in [-0.2, 0) is 6.54 Å². The molecule has 136 valence electrons. The van der Waals surface area contributed by atoms with Gasteiger partial charge in [0, 0.05) is 29.8 Å². The third-order valence-electron chi connectivity index (χ3n) is 4.44. The van der Waals surface area contributed by atoms with E-state index >= 15 is 0 Å². The quantitative estimate of drug-likeness (QED) is 0.829. The molecular formula is C20H22N2O4. The molecule has 0 aliphatic heterocycles. The third-order valence-corrected chi connectivity index (χ3v) is 4.44. The van der Waals surface area contributed by atoms with E-state index in [-0.39, 0.29) is 11.9 Å². The number of hydrogen-bond acceptors (Lipinski definition) is 4. The van der Waals surface area contributed by atoms with Crippen molar-refractivity contribution >= 4 is 11.8 Å². The van der Waals surface area contributed by atoms with Crippen molar-refractivity contribution < 1.29 is 19.1 Å². The highest BCUT2D eigenvalue weighted by Crippen LogP contribution is 2.31. The van der Waals surface area contributed by atoms with Crippen LogP contribution in [0.5, 0.6) is 11.5 Å². The molecule has 0 spiro atoms. The van der Waals surface area contributed by atoms with Gasteiger partial charge in [0.05, 0.1) is 14.2 Å². The molecule has 2 aromatic carbocycles. The molecule has 1 fully saturated rings. The lowest BCUT2D eigenvalue weighted by Crippen LogP contribution is -2.32. The number of benzene rings is 2. The molecule has 2 amide bonds. The smallest absolute Gasteiger partial charge is 0.254 e. The van der Waals surface area contributed by atoms with E-state index in [1.165, 1.54) is 0 Å². The standard InChI is InChI=1S/C20H22N2O4/c1-25-17-9-15(10-18(11-17)26-2)20(24)22(16-7-8-16)12-13-3-5-14(6-4-13)19(21)23/h3-6,9-11,16H,7-8,12H2,1-2H3,(H2,21,23). The number of carbonyl (C=O) groups is 2. The number of rotatable bonds is 7. The highest BCUT2D eigenvalue weighted by Gasteiger charge is 2.33. The van der Waals surface area contributed by atoms with Crippen LogP contribution >= 0.6 is 0 Å². The van der Waals surface area contributed by atoms with Crippen LogP contribution in [0.3, 0.4) is 0 Å². The fourth-order valence-corrected chi connectivity index (χ4v) is 2.82. The third kappa shape index (κ3) is 3.96. The lowest BCUT2D eigenvalue weighted by atomic mass is 10.1. The SMILES string of the molecule is COc1cc(OC)cc(C(=O)N(Cc2ccc(C(N)=O)cc2)C2CC2)c1. The van der Waals surface area contributed by atoms with Crippen molar-refractivity contribution in [3.8, 4) is 11.5 Å². The molecule has 1 aliphatic carbocycles. The molecule has 0 radical (unpaired) electrons. The average molecular weight is 354 g/mol. The topological polar surface area (TPSA) is 81.9 Å². The molecule has 1 saturated carbocycles. The van der Waals surface area contributed by atoms with E-state index in [4.69, 9.17) is 15.2 Å². The minimum absolute atomic E-state index is 0.0660. The van der Waals surface area contributed by atoms with Gasteiger partial charge in [0.2, 0.25) is 5.91 Å². The molecule has 0 heterocycles. The number of ether oxygens (including phenoxy) is 2. The normalized spacial score (nSPS) is 13.2. The van der Waals surface area contributed by atoms with Crippen LogP contribution < -0.4 is 15.2 Å². The molecular weight excluding hydrogens is 332 g/mol. The van der Waals surface area contributed by atoms with Crippen LogP contribution in [-0.4, -0.2) is 37.0 Å². The van der Waals surface area contributed by atoms with Gasteiger partial charge < -0.3 is 20.1 Å². The fraction of sp³-hybridized carbons (Fsp3) is 0.300. The summed E-state index contributed by atoms with van der Waals surface area (Å²) in [7, 11) is 3.12.